The van der Waals surface area contributed by atoms with E-state index in [1.165, 1.54) is 6.92 Å². The molecule has 0 spiro atoms. The highest BCUT2D eigenvalue weighted by molar-refractivity contribution is 5.83. The molecule has 0 unspecified atom stereocenters. The molecule has 0 aliphatic heterocycles. The molecule has 7 nitrogen and oxygen atoms in total. The Morgan fingerprint density at radius 1 is 1.04 bits per heavy atom. The Kier molecular flexibility index (Phi) is 6.56. The summed E-state index contributed by atoms with van der Waals surface area (Å²) in [6.45, 7) is 6.57. The van der Waals surface area contributed by atoms with E-state index >= 15 is 0 Å². The zero-order chi connectivity index (χ0) is 17.5. The first-order valence-corrected chi connectivity index (χ1v) is 7.13. The van der Waals surface area contributed by atoms with Crippen molar-refractivity contribution >= 4 is 17.8 Å². The van der Waals surface area contributed by atoms with Crippen LogP contribution in [0.2, 0.25) is 0 Å². The predicted molar refractivity (Wildman–Crippen MR) is 83.6 cm³/mol. The number of ether oxygens (including phenoxy) is 2. The van der Waals surface area contributed by atoms with Crippen LogP contribution in [0.15, 0.2) is 24.3 Å². The monoisotopic (exact) mass is 322 g/mol. The van der Waals surface area contributed by atoms with Gasteiger partial charge in [0.2, 0.25) is 5.91 Å². The van der Waals surface area contributed by atoms with Crippen LogP contribution in [0, 0.1) is 0 Å². The van der Waals surface area contributed by atoms with Crippen LogP contribution >= 0.6 is 0 Å². The summed E-state index contributed by atoms with van der Waals surface area (Å²) in [6.07, 6.45) is 0. The van der Waals surface area contributed by atoms with Crippen LogP contribution in [0.25, 0.3) is 0 Å². The lowest BCUT2D eigenvalue weighted by atomic mass is 9.86. The lowest BCUT2D eigenvalue weighted by Gasteiger charge is -2.22. The van der Waals surface area contributed by atoms with Crippen molar-refractivity contribution in [1.29, 1.82) is 0 Å². The number of nitrogens with one attached hydrogen (secondary N) is 2. The third-order valence-electron chi connectivity index (χ3n) is 2.78. The Bertz CT molecular complexity index is 578. The van der Waals surface area contributed by atoms with E-state index in [1.54, 1.807) is 6.07 Å². The first kappa shape index (κ1) is 18.5. The van der Waals surface area contributed by atoms with Gasteiger partial charge in [-0.05, 0) is 17.0 Å². The van der Waals surface area contributed by atoms with Gasteiger partial charge < -0.3 is 9.47 Å². The van der Waals surface area contributed by atoms with E-state index in [0.717, 1.165) is 5.56 Å². The molecule has 0 atom stereocenters. The minimum Gasteiger partial charge on any atom is -0.482 e. The highest BCUT2D eigenvalue weighted by Crippen LogP contribution is 2.30. The summed E-state index contributed by atoms with van der Waals surface area (Å²) >= 11 is 0. The van der Waals surface area contributed by atoms with Crippen LogP contribution in [0.3, 0.4) is 0 Å². The van der Waals surface area contributed by atoms with Crippen molar-refractivity contribution in [3.63, 3.8) is 0 Å². The average Bonchev–Trinajstić information content (AvgIpc) is 2.48. The van der Waals surface area contributed by atoms with Crippen molar-refractivity contribution in [2.24, 2.45) is 0 Å². The quantitative estimate of drug-likeness (QED) is 0.625. The van der Waals surface area contributed by atoms with Gasteiger partial charge >= 0.3 is 5.97 Å². The van der Waals surface area contributed by atoms with Gasteiger partial charge in [-0.25, -0.2) is 4.79 Å². The van der Waals surface area contributed by atoms with Crippen molar-refractivity contribution < 1.29 is 23.9 Å². The second kappa shape index (κ2) is 8.17. The van der Waals surface area contributed by atoms with Crippen LogP contribution in [-0.2, 0) is 24.5 Å². The maximum atomic E-state index is 11.6. The van der Waals surface area contributed by atoms with Crippen molar-refractivity contribution in [2.75, 3.05) is 13.2 Å². The Morgan fingerprint density at radius 2 is 1.70 bits per heavy atom. The van der Waals surface area contributed by atoms with Gasteiger partial charge in [-0.3, -0.25) is 20.4 Å². The van der Waals surface area contributed by atoms with E-state index < -0.39 is 24.4 Å². The molecule has 0 heterocycles. The Labute approximate surface area is 135 Å². The van der Waals surface area contributed by atoms with Crippen LogP contribution in [-0.4, -0.2) is 31.0 Å². The van der Waals surface area contributed by atoms with Crippen LogP contribution in [0.1, 0.15) is 33.3 Å². The lowest BCUT2D eigenvalue weighted by Crippen LogP contribution is -2.42. The van der Waals surface area contributed by atoms with Gasteiger partial charge in [-0.2, -0.15) is 0 Å². The number of hydrogen-bond acceptors (Lipinski definition) is 5. The number of benzene rings is 1. The molecular weight excluding hydrogens is 300 g/mol. The molecule has 0 fully saturated rings. The Hall–Kier alpha value is -2.57. The van der Waals surface area contributed by atoms with Gasteiger partial charge in [-0.1, -0.05) is 39.0 Å². The number of hydrogen-bond donors (Lipinski definition) is 2. The number of hydrazine groups is 1. The van der Waals surface area contributed by atoms with Gasteiger partial charge in [0.1, 0.15) is 5.75 Å². The smallest absolute Gasteiger partial charge is 0.344 e. The molecular formula is C16H22N2O5. The molecule has 23 heavy (non-hydrogen) atoms. The SMILES string of the molecule is CC(=O)NNC(=O)COC(=O)COc1ccccc1C(C)(C)C. The second-order valence-corrected chi connectivity index (χ2v) is 5.92. The molecule has 0 saturated carbocycles. The Morgan fingerprint density at radius 3 is 2.30 bits per heavy atom. The van der Waals surface area contributed by atoms with Crippen LogP contribution < -0.4 is 15.6 Å². The summed E-state index contributed by atoms with van der Waals surface area (Å²) in [5, 5.41) is 0. The molecule has 0 aliphatic rings. The fourth-order valence-electron chi connectivity index (χ4n) is 1.73. The van der Waals surface area contributed by atoms with Crippen LogP contribution in [0.5, 0.6) is 5.75 Å². The number of carbonyl (C=O) groups excluding carboxylic acids is 3. The third kappa shape index (κ3) is 6.82. The summed E-state index contributed by atoms with van der Waals surface area (Å²) in [4.78, 5) is 33.5. The highest BCUT2D eigenvalue weighted by Gasteiger charge is 2.19. The second-order valence-electron chi connectivity index (χ2n) is 5.92. The molecule has 2 amide bonds. The first-order valence-electron chi connectivity index (χ1n) is 7.13. The molecule has 0 bridgehead atoms. The van der Waals surface area contributed by atoms with Gasteiger partial charge in [0.05, 0.1) is 0 Å². The summed E-state index contributed by atoms with van der Waals surface area (Å²) < 4.78 is 10.2. The molecule has 2 N–H and O–H groups in total. The summed E-state index contributed by atoms with van der Waals surface area (Å²) in [5.41, 5.74) is 5.02. The minimum absolute atomic E-state index is 0.126. The number of amides is 2. The van der Waals surface area contributed by atoms with Crippen LogP contribution in [0.4, 0.5) is 0 Å². The van der Waals surface area contributed by atoms with E-state index in [1.807, 2.05) is 39.0 Å². The molecule has 1 aromatic rings. The largest absolute Gasteiger partial charge is 0.482 e. The maximum absolute atomic E-state index is 11.6. The zero-order valence-electron chi connectivity index (χ0n) is 13.8. The van der Waals surface area contributed by atoms with E-state index in [2.05, 4.69) is 10.9 Å². The maximum Gasteiger partial charge on any atom is 0.344 e. The van der Waals surface area contributed by atoms with Crippen molar-refractivity contribution in [2.45, 2.75) is 33.1 Å². The molecule has 0 aromatic heterocycles. The topological polar surface area (TPSA) is 93.7 Å². The molecule has 0 radical (unpaired) electrons. The zero-order valence-corrected chi connectivity index (χ0v) is 13.8. The minimum atomic E-state index is -0.674. The molecule has 7 heteroatoms. The Balaban J connectivity index is 2.45. The number of para-hydroxylation sites is 1. The molecule has 0 saturated heterocycles. The average molecular weight is 322 g/mol. The summed E-state index contributed by atoms with van der Waals surface area (Å²) in [7, 11) is 0. The highest BCUT2D eigenvalue weighted by atomic mass is 16.6. The fraction of sp³-hybridized carbons (Fsp3) is 0.438. The molecule has 126 valence electrons. The van der Waals surface area contributed by atoms with E-state index in [4.69, 9.17) is 9.47 Å². The van der Waals surface area contributed by atoms with Crippen molar-refractivity contribution in [3.8, 4) is 5.75 Å². The van der Waals surface area contributed by atoms with Gasteiger partial charge in [0, 0.05) is 6.92 Å². The number of carbonyl (C=O) groups is 3. The van der Waals surface area contributed by atoms with Gasteiger partial charge in [-0.15, -0.1) is 0 Å². The first-order chi connectivity index (χ1) is 10.7. The number of esters is 1. The van der Waals surface area contributed by atoms with Crippen molar-refractivity contribution in [3.05, 3.63) is 29.8 Å². The van der Waals surface area contributed by atoms with Gasteiger partial charge in [0.15, 0.2) is 13.2 Å². The predicted octanol–water partition coefficient (Wildman–Crippen LogP) is 1.07. The van der Waals surface area contributed by atoms with Gasteiger partial charge in [0.25, 0.3) is 5.91 Å². The van der Waals surface area contributed by atoms with E-state index in [9.17, 15) is 14.4 Å². The normalized spacial score (nSPS) is 10.6. The van der Waals surface area contributed by atoms with Crippen molar-refractivity contribution in [1.82, 2.24) is 10.9 Å². The lowest BCUT2D eigenvalue weighted by molar-refractivity contribution is -0.150. The summed E-state index contributed by atoms with van der Waals surface area (Å²) in [5.74, 6) is -1.14. The molecule has 1 rings (SSSR count). The summed E-state index contributed by atoms with van der Waals surface area (Å²) in [6, 6.07) is 7.42. The molecule has 0 aliphatic carbocycles. The standard InChI is InChI=1S/C16H22N2O5/c1-11(19)17-18-14(20)9-23-15(21)10-22-13-8-6-5-7-12(13)16(2,3)4/h5-8H,9-10H2,1-4H3,(H,17,19)(H,18,20). The van der Waals surface area contributed by atoms with E-state index in [-0.39, 0.29) is 12.0 Å². The fourth-order valence-corrected chi connectivity index (χ4v) is 1.73. The molecule has 1 aromatic carbocycles. The third-order valence-corrected chi connectivity index (χ3v) is 2.78. The number of rotatable bonds is 5. The van der Waals surface area contributed by atoms with E-state index in [0.29, 0.717) is 5.75 Å².